The van der Waals surface area contributed by atoms with Crippen molar-refractivity contribution in [1.82, 2.24) is 10.2 Å². The zero-order valence-corrected chi connectivity index (χ0v) is 17.4. The highest BCUT2D eigenvalue weighted by Crippen LogP contribution is 2.33. The molecule has 1 atom stereocenters. The first kappa shape index (κ1) is 21.2. The molecular formula is C25H21FN2O4. The number of ether oxygens (including phenoxy) is 1. The molecule has 32 heavy (non-hydrogen) atoms. The molecule has 3 aromatic carbocycles. The Balaban J connectivity index is 1.65. The quantitative estimate of drug-likeness (QED) is 0.456. The van der Waals surface area contributed by atoms with Crippen LogP contribution in [-0.4, -0.2) is 36.3 Å². The van der Waals surface area contributed by atoms with Crippen molar-refractivity contribution in [2.24, 2.45) is 0 Å². The lowest BCUT2D eigenvalue weighted by atomic mass is 9.83. The van der Waals surface area contributed by atoms with Crippen LogP contribution in [0.15, 0.2) is 78.9 Å². The Bertz CT molecular complexity index is 1170. The number of urea groups is 1. The van der Waals surface area contributed by atoms with Crippen LogP contribution in [0.1, 0.15) is 21.5 Å². The smallest absolute Gasteiger partial charge is 0.325 e. The van der Waals surface area contributed by atoms with E-state index in [0.29, 0.717) is 5.56 Å². The fourth-order valence-electron chi connectivity index (χ4n) is 3.89. The molecule has 1 aliphatic heterocycles. The Hall–Kier alpha value is -4.00. The van der Waals surface area contributed by atoms with E-state index in [-0.39, 0.29) is 17.7 Å². The van der Waals surface area contributed by atoms with Crippen molar-refractivity contribution in [1.29, 1.82) is 0 Å². The standard InChI is InChI=1S/C25H21FN2O4/c1-32-22-13-12-18(14-20(22)26)21(29)16-28-23(30)25(27-24(28)31,19-10-6-3-7-11-19)15-17-8-4-2-5-9-17/h2-14H,15-16H2,1H3,(H,27,31)/t25-/m1/s1. The summed E-state index contributed by atoms with van der Waals surface area (Å²) in [6.45, 7) is -0.500. The summed E-state index contributed by atoms with van der Waals surface area (Å²) in [7, 11) is 1.32. The Morgan fingerprint density at radius 1 is 1.00 bits per heavy atom. The lowest BCUT2D eigenvalue weighted by Gasteiger charge is -2.27. The number of hydrogen-bond donors (Lipinski definition) is 1. The summed E-state index contributed by atoms with van der Waals surface area (Å²) in [5.41, 5.74) is 0.178. The number of nitrogens with zero attached hydrogens (tertiary/aromatic N) is 1. The Kier molecular flexibility index (Phi) is 5.73. The summed E-state index contributed by atoms with van der Waals surface area (Å²) < 4.78 is 18.9. The van der Waals surface area contributed by atoms with Gasteiger partial charge in [0.05, 0.1) is 13.7 Å². The molecule has 1 aliphatic rings. The molecule has 0 spiro atoms. The van der Waals surface area contributed by atoms with E-state index in [4.69, 9.17) is 4.74 Å². The first-order chi connectivity index (χ1) is 15.4. The molecule has 4 rings (SSSR count). The van der Waals surface area contributed by atoms with Crippen molar-refractivity contribution in [3.05, 3.63) is 101 Å². The number of imide groups is 1. The molecule has 1 fully saturated rings. The number of Topliss-reactive ketones (excluding diaryl/α,β-unsaturated/α-hetero) is 1. The normalized spacial score (nSPS) is 17.9. The third kappa shape index (κ3) is 3.85. The molecule has 0 aliphatic carbocycles. The van der Waals surface area contributed by atoms with Gasteiger partial charge in [-0.15, -0.1) is 0 Å². The minimum Gasteiger partial charge on any atom is -0.494 e. The van der Waals surface area contributed by atoms with Crippen LogP contribution in [0.4, 0.5) is 9.18 Å². The zero-order valence-electron chi connectivity index (χ0n) is 17.4. The van der Waals surface area contributed by atoms with Crippen LogP contribution < -0.4 is 10.1 Å². The van der Waals surface area contributed by atoms with Crippen molar-refractivity contribution in [3.8, 4) is 5.75 Å². The van der Waals surface area contributed by atoms with Gasteiger partial charge >= 0.3 is 6.03 Å². The number of carbonyl (C=O) groups excluding carboxylic acids is 3. The van der Waals surface area contributed by atoms with Crippen molar-refractivity contribution < 1.29 is 23.5 Å². The topological polar surface area (TPSA) is 75.7 Å². The Morgan fingerprint density at radius 3 is 2.28 bits per heavy atom. The summed E-state index contributed by atoms with van der Waals surface area (Å²) >= 11 is 0. The van der Waals surface area contributed by atoms with Crippen molar-refractivity contribution >= 4 is 17.7 Å². The van der Waals surface area contributed by atoms with E-state index in [9.17, 15) is 18.8 Å². The van der Waals surface area contributed by atoms with Crippen molar-refractivity contribution in [3.63, 3.8) is 0 Å². The molecule has 1 saturated heterocycles. The molecule has 162 valence electrons. The second-order valence-electron chi connectivity index (χ2n) is 7.53. The molecule has 0 saturated carbocycles. The van der Waals surface area contributed by atoms with E-state index in [2.05, 4.69) is 5.32 Å². The lowest BCUT2D eigenvalue weighted by molar-refractivity contribution is -0.131. The van der Waals surface area contributed by atoms with Gasteiger partial charge in [0, 0.05) is 12.0 Å². The third-order valence-electron chi connectivity index (χ3n) is 5.53. The van der Waals surface area contributed by atoms with Crippen LogP contribution in [-0.2, 0) is 16.8 Å². The summed E-state index contributed by atoms with van der Waals surface area (Å²) in [5, 5.41) is 2.81. The summed E-state index contributed by atoms with van der Waals surface area (Å²) in [4.78, 5) is 40.1. The van der Waals surface area contributed by atoms with Crippen LogP contribution in [0.5, 0.6) is 5.75 Å². The van der Waals surface area contributed by atoms with Gasteiger partial charge in [0.1, 0.15) is 0 Å². The average Bonchev–Trinajstić information content (AvgIpc) is 3.05. The Morgan fingerprint density at radius 2 is 1.66 bits per heavy atom. The number of carbonyl (C=O) groups is 3. The number of rotatable bonds is 7. The van der Waals surface area contributed by atoms with Gasteiger partial charge < -0.3 is 10.1 Å². The van der Waals surface area contributed by atoms with Gasteiger partial charge in [-0.3, -0.25) is 14.5 Å². The lowest BCUT2D eigenvalue weighted by Crippen LogP contribution is -2.46. The first-order valence-corrected chi connectivity index (χ1v) is 10.0. The number of benzene rings is 3. The maximum absolute atomic E-state index is 14.0. The summed E-state index contributed by atoms with van der Waals surface area (Å²) in [6, 6.07) is 21.4. The molecule has 1 heterocycles. The SMILES string of the molecule is COc1ccc(C(=O)CN2C(=O)N[C@](Cc3ccccc3)(c3ccccc3)C2=O)cc1F. The number of nitrogens with one attached hydrogen (secondary N) is 1. The van der Waals surface area contributed by atoms with Gasteiger partial charge in [0.2, 0.25) is 0 Å². The van der Waals surface area contributed by atoms with Crippen LogP contribution in [0.3, 0.4) is 0 Å². The molecule has 6 nitrogen and oxygen atoms in total. The average molecular weight is 432 g/mol. The van der Waals surface area contributed by atoms with Crippen LogP contribution >= 0.6 is 0 Å². The van der Waals surface area contributed by atoms with Crippen molar-refractivity contribution in [2.75, 3.05) is 13.7 Å². The van der Waals surface area contributed by atoms with Gasteiger partial charge in [0.15, 0.2) is 22.9 Å². The molecule has 1 N–H and O–H groups in total. The second kappa shape index (κ2) is 8.63. The zero-order chi connectivity index (χ0) is 22.7. The highest BCUT2D eigenvalue weighted by atomic mass is 19.1. The maximum atomic E-state index is 14.0. The third-order valence-corrected chi connectivity index (χ3v) is 5.53. The summed E-state index contributed by atoms with van der Waals surface area (Å²) in [5.74, 6) is -1.78. The van der Waals surface area contributed by atoms with Crippen molar-refractivity contribution in [2.45, 2.75) is 12.0 Å². The molecule has 3 aromatic rings. The number of amides is 3. The van der Waals surface area contributed by atoms with E-state index >= 15 is 0 Å². The van der Waals surface area contributed by atoms with Gasteiger partial charge in [-0.1, -0.05) is 60.7 Å². The number of halogens is 1. The van der Waals surface area contributed by atoms with Gasteiger partial charge in [-0.05, 0) is 29.3 Å². The Labute approximate surface area is 184 Å². The van der Waals surface area contributed by atoms with E-state index in [1.165, 1.54) is 19.2 Å². The van der Waals surface area contributed by atoms with E-state index in [0.717, 1.165) is 16.5 Å². The molecule has 0 unspecified atom stereocenters. The minimum atomic E-state index is -1.34. The second-order valence-corrected chi connectivity index (χ2v) is 7.53. The van der Waals surface area contributed by atoms with E-state index in [1.807, 2.05) is 36.4 Å². The van der Waals surface area contributed by atoms with Crippen LogP contribution in [0.25, 0.3) is 0 Å². The monoisotopic (exact) mass is 432 g/mol. The maximum Gasteiger partial charge on any atom is 0.325 e. The number of hydrogen-bond acceptors (Lipinski definition) is 4. The first-order valence-electron chi connectivity index (χ1n) is 10.0. The molecule has 0 aromatic heterocycles. The molecule has 0 bridgehead atoms. The van der Waals surface area contributed by atoms with Gasteiger partial charge in [-0.25, -0.2) is 9.18 Å². The predicted octanol–water partition coefficient (Wildman–Crippen LogP) is 3.71. The van der Waals surface area contributed by atoms with E-state index in [1.54, 1.807) is 24.3 Å². The van der Waals surface area contributed by atoms with Gasteiger partial charge in [-0.2, -0.15) is 0 Å². The largest absolute Gasteiger partial charge is 0.494 e. The van der Waals surface area contributed by atoms with Crippen LogP contribution in [0.2, 0.25) is 0 Å². The summed E-state index contributed by atoms with van der Waals surface area (Å²) in [6.07, 6.45) is 0.226. The highest BCUT2D eigenvalue weighted by Gasteiger charge is 2.52. The minimum absolute atomic E-state index is 0.00231. The molecular weight excluding hydrogens is 411 g/mol. The molecule has 3 amide bonds. The number of ketones is 1. The predicted molar refractivity (Wildman–Crippen MR) is 116 cm³/mol. The molecule has 0 radical (unpaired) electrons. The van der Waals surface area contributed by atoms with Crippen LogP contribution in [0, 0.1) is 5.82 Å². The van der Waals surface area contributed by atoms with Gasteiger partial charge in [0.25, 0.3) is 5.91 Å². The fourth-order valence-corrected chi connectivity index (χ4v) is 3.89. The highest BCUT2D eigenvalue weighted by molar-refractivity contribution is 6.11. The number of methoxy groups -OCH3 is 1. The molecule has 7 heteroatoms. The van der Waals surface area contributed by atoms with E-state index < -0.39 is 35.6 Å². The fraction of sp³-hybridized carbons (Fsp3) is 0.160.